The summed E-state index contributed by atoms with van der Waals surface area (Å²) < 4.78 is 0. The Morgan fingerprint density at radius 1 is 1.09 bits per heavy atom. The van der Waals surface area contributed by atoms with Crippen LogP contribution in [0.4, 0.5) is 0 Å². The van der Waals surface area contributed by atoms with Crippen molar-refractivity contribution < 1.29 is 4.79 Å². The van der Waals surface area contributed by atoms with Crippen LogP contribution in [0.1, 0.15) is 43.6 Å². The highest BCUT2D eigenvalue weighted by atomic mass is 32.1. The molecular weight excluding hydrogens is 414 g/mol. The van der Waals surface area contributed by atoms with Gasteiger partial charge in [0.25, 0.3) is 0 Å². The molecule has 0 radical (unpaired) electrons. The Labute approximate surface area is 195 Å². The van der Waals surface area contributed by atoms with E-state index in [0.29, 0.717) is 0 Å². The molecule has 1 N–H and O–H groups in total. The van der Waals surface area contributed by atoms with E-state index in [2.05, 4.69) is 69.1 Å². The molecule has 1 aromatic carbocycles. The van der Waals surface area contributed by atoms with Gasteiger partial charge in [-0.25, -0.2) is 0 Å². The minimum Gasteiger partial charge on any atom is -0.353 e. The first-order valence-electron chi connectivity index (χ1n) is 11.5. The summed E-state index contributed by atoms with van der Waals surface area (Å²) in [6.07, 6.45) is 2.49. The summed E-state index contributed by atoms with van der Waals surface area (Å²) >= 11 is 1.76. The summed E-state index contributed by atoms with van der Waals surface area (Å²) in [6, 6.07) is 19.2. The van der Waals surface area contributed by atoms with Gasteiger partial charge in [-0.1, -0.05) is 36.4 Å². The van der Waals surface area contributed by atoms with Gasteiger partial charge in [0.15, 0.2) is 0 Å². The Hall–Kier alpha value is -2.50. The number of pyridine rings is 1. The largest absolute Gasteiger partial charge is 0.353 e. The van der Waals surface area contributed by atoms with E-state index in [0.717, 1.165) is 50.3 Å². The van der Waals surface area contributed by atoms with Crippen LogP contribution in [-0.2, 0) is 17.8 Å². The van der Waals surface area contributed by atoms with Crippen molar-refractivity contribution >= 4 is 17.2 Å². The second-order valence-corrected chi connectivity index (χ2v) is 10.2. The quantitative estimate of drug-likeness (QED) is 0.522. The summed E-state index contributed by atoms with van der Waals surface area (Å²) in [6.45, 7) is 8.78. The summed E-state index contributed by atoms with van der Waals surface area (Å²) in [5, 5.41) is 5.35. The molecule has 1 fully saturated rings. The molecule has 4 rings (SSSR count). The van der Waals surface area contributed by atoms with Crippen LogP contribution < -0.4 is 5.32 Å². The number of amides is 1. The maximum atomic E-state index is 13.5. The fourth-order valence-corrected chi connectivity index (χ4v) is 5.45. The van der Waals surface area contributed by atoms with Crippen LogP contribution in [0.5, 0.6) is 0 Å². The van der Waals surface area contributed by atoms with Crippen LogP contribution in [0.2, 0.25) is 0 Å². The zero-order valence-corrected chi connectivity index (χ0v) is 20.1. The average molecular weight is 448 g/mol. The van der Waals surface area contributed by atoms with Crippen LogP contribution in [-0.4, -0.2) is 34.9 Å². The molecule has 0 aliphatic carbocycles. The van der Waals surface area contributed by atoms with Crippen LogP contribution in [0.15, 0.2) is 60.0 Å². The van der Waals surface area contributed by atoms with E-state index in [9.17, 15) is 4.79 Å². The topological polar surface area (TPSA) is 45.2 Å². The molecule has 5 heteroatoms. The van der Waals surface area contributed by atoms with E-state index in [-0.39, 0.29) is 17.4 Å². The number of carbonyl (C=O) groups excluding carboxylic acids is 1. The van der Waals surface area contributed by atoms with Crippen molar-refractivity contribution in [3.63, 3.8) is 0 Å². The summed E-state index contributed by atoms with van der Waals surface area (Å²) in [5.41, 5.74) is 4.30. The van der Waals surface area contributed by atoms with Gasteiger partial charge in [0.1, 0.15) is 0 Å². The van der Waals surface area contributed by atoms with Gasteiger partial charge in [0.05, 0.1) is 11.1 Å². The van der Waals surface area contributed by atoms with Crippen LogP contribution >= 0.6 is 11.3 Å². The van der Waals surface area contributed by atoms with Gasteiger partial charge in [-0.3, -0.25) is 14.7 Å². The Bertz CT molecular complexity index is 1040. The van der Waals surface area contributed by atoms with Crippen molar-refractivity contribution in [1.82, 2.24) is 15.2 Å². The minimum atomic E-state index is -0.381. The van der Waals surface area contributed by atoms with Crippen LogP contribution in [0.3, 0.4) is 0 Å². The van der Waals surface area contributed by atoms with Gasteiger partial charge in [-0.05, 0) is 87.8 Å². The Morgan fingerprint density at radius 3 is 2.56 bits per heavy atom. The number of aryl methyl sites for hydroxylation is 1. The minimum absolute atomic E-state index is 0.140. The van der Waals surface area contributed by atoms with E-state index >= 15 is 0 Å². The van der Waals surface area contributed by atoms with Crippen LogP contribution in [0.25, 0.3) is 10.4 Å². The van der Waals surface area contributed by atoms with Gasteiger partial charge < -0.3 is 5.32 Å². The Kier molecular flexibility index (Phi) is 7.07. The molecule has 32 heavy (non-hydrogen) atoms. The molecule has 1 aliphatic rings. The first-order chi connectivity index (χ1) is 15.4. The van der Waals surface area contributed by atoms with Gasteiger partial charge in [0, 0.05) is 23.2 Å². The normalized spacial score (nSPS) is 16.2. The SMILES string of the molecule is Cc1cccc(CN2CCC(Cc3ccccc3-c3cccs3)(C(=O)NC(C)C)CC2)n1. The van der Waals surface area contributed by atoms with Crippen molar-refractivity contribution in [3.8, 4) is 10.4 Å². The molecule has 1 aliphatic heterocycles. The number of benzene rings is 1. The standard InChI is InChI=1S/C27H33N3OS/c1-20(2)28-26(31)27(18-22-9-4-5-11-24(22)25-12-7-17-32-25)13-15-30(16-14-27)19-23-10-6-8-21(3)29-23/h4-12,17,20H,13-16,18-19H2,1-3H3,(H,28,31). The molecule has 3 aromatic rings. The molecule has 0 spiro atoms. The molecule has 2 aromatic heterocycles. The Balaban J connectivity index is 1.55. The molecule has 0 saturated carbocycles. The highest BCUT2D eigenvalue weighted by molar-refractivity contribution is 7.13. The lowest BCUT2D eigenvalue weighted by Crippen LogP contribution is -2.51. The van der Waals surface area contributed by atoms with E-state index < -0.39 is 0 Å². The number of hydrogen-bond acceptors (Lipinski definition) is 4. The predicted octanol–water partition coefficient (Wildman–Crippen LogP) is 5.47. The van der Waals surface area contributed by atoms with Gasteiger partial charge in [-0.15, -0.1) is 11.3 Å². The zero-order valence-electron chi connectivity index (χ0n) is 19.3. The number of nitrogens with zero attached hydrogens (tertiary/aromatic N) is 2. The van der Waals surface area contributed by atoms with Crippen LogP contribution in [0, 0.1) is 12.3 Å². The lowest BCUT2D eigenvalue weighted by molar-refractivity contribution is -0.134. The fourth-order valence-electron chi connectivity index (χ4n) is 4.67. The molecule has 0 unspecified atom stereocenters. The number of hydrogen-bond donors (Lipinski definition) is 1. The van der Waals surface area contributed by atoms with Crippen molar-refractivity contribution in [3.05, 3.63) is 76.9 Å². The molecule has 3 heterocycles. The third-order valence-electron chi connectivity index (χ3n) is 6.38. The first-order valence-corrected chi connectivity index (χ1v) is 12.4. The number of aromatic nitrogens is 1. The lowest BCUT2D eigenvalue weighted by atomic mass is 9.72. The van der Waals surface area contributed by atoms with E-state index in [1.807, 2.05) is 26.8 Å². The molecule has 1 amide bonds. The second-order valence-electron chi connectivity index (χ2n) is 9.27. The summed E-state index contributed by atoms with van der Waals surface area (Å²) in [4.78, 5) is 21.9. The van der Waals surface area contributed by atoms with Crippen molar-refractivity contribution in [2.45, 2.75) is 52.6 Å². The fraction of sp³-hybridized carbons (Fsp3) is 0.407. The number of rotatable bonds is 7. The van der Waals surface area contributed by atoms with Gasteiger partial charge in [-0.2, -0.15) is 0 Å². The smallest absolute Gasteiger partial charge is 0.226 e. The number of piperidine rings is 1. The molecule has 0 atom stereocenters. The van der Waals surface area contributed by atoms with E-state index in [4.69, 9.17) is 0 Å². The maximum Gasteiger partial charge on any atom is 0.226 e. The van der Waals surface area contributed by atoms with Crippen molar-refractivity contribution in [2.75, 3.05) is 13.1 Å². The summed E-state index contributed by atoms with van der Waals surface area (Å²) in [7, 11) is 0. The van der Waals surface area contributed by atoms with Crippen molar-refractivity contribution in [2.24, 2.45) is 5.41 Å². The third-order valence-corrected chi connectivity index (χ3v) is 7.28. The van der Waals surface area contributed by atoms with E-state index in [1.54, 1.807) is 11.3 Å². The lowest BCUT2D eigenvalue weighted by Gasteiger charge is -2.41. The highest BCUT2D eigenvalue weighted by Crippen LogP contribution is 2.39. The predicted molar refractivity (Wildman–Crippen MR) is 133 cm³/mol. The van der Waals surface area contributed by atoms with Crippen molar-refractivity contribution in [1.29, 1.82) is 0 Å². The number of likely N-dealkylation sites (tertiary alicyclic amines) is 1. The van der Waals surface area contributed by atoms with Gasteiger partial charge in [0.2, 0.25) is 5.91 Å². The molecule has 168 valence electrons. The third kappa shape index (κ3) is 5.28. The Morgan fingerprint density at radius 2 is 1.88 bits per heavy atom. The van der Waals surface area contributed by atoms with Gasteiger partial charge >= 0.3 is 0 Å². The molecule has 1 saturated heterocycles. The monoisotopic (exact) mass is 447 g/mol. The number of nitrogens with one attached hydrogen (secondary N) is 1. The maximum absolute atomic E-state index is 13.5. The number of thiophene rings is 1. The molecular formula is C27H33N3OS. The second kappa shape index (κ2) is 9.97. The molecule has 0 bridgehead atoms. The highest BCUT2D eigenvalue weighted by Gasteiger charge is 2.42. The molecule has 4 nitrogen and oxygen atoms in total. The first kappa shape index (κ1) is 22.7. The zero-order chi connectivity index (χ0) is 22.6. The summed E-state index contributed by atoms with van der Waals surface area (Å²) in [5.74, 6) is 0.196. The number of carbonyl (C=O) groups is 1. The average Bonchev–Trinajstić information content (AvgIpc) is 3.30. The van der Waals surface area contributed by atoms with E-state index in [1.165, 1.54) is 16.0 Å².